The Hall–Kier alpha value is -0.120. The van der Waals surface area contributed by atoms with Crippen molar-refractivity contribution >= 4 is 0 Å². The van der Waals surface area contributed by atoms with Crippen molar-refractivity contribution in [3.63, 3.8) is 0 Å². The topological polar surface area (TPSA) is 30.5 Å². The van der Waals surface area contributed by atoms with E-state index < -0.39 is 0 Å². The number of nitrogens with one attached hydrogen (secondary N) is 1. The van der Waals surface area contributed by atoms with E-state index in [-0.39, 0.29) is 0 Å². The molecule has 3 aliphatic rings. The Morgan fingerprint density at radius 1 is 0.952 bits per heavy atom. The van der Waals surface area contributed by atoms with E-state index >= 15 is 0 Å². The van der Waals surface area contributed by atoms with E-state index in [1.54, 1.807) is 0 Å². The summed E-state index contributed by atoms with van der Waals surface area (Å²) in [6.07, 6.45) is 13.3. The molecule has 1 N–H and O–H groups in total. The standard InChI is InChI=1S/C18H33NO2/c1-13-10-15(11-14(2)20-13)21-17-12-16(19-3)18(17)8-6-4-5-7-9-18/h13-17,19H,4-12H2,1-3H3. The molecule has 4 unspecified atom stereocenters. The fourth-order valence-electron chi connectivity index (χ4n) is 5.09. The maximum Gasteiger partial charge on any atom is 0.0665 e. The lowest BCUT2D eigenvalue weighted by Crippen LogP contribution is -2.63. The predicted octanol–water partition coefficient (Wildman–Crippen LogP) is 3.66. The van der Waals surface area contributed by atoms with Gasteiger partial charge in [0.2, 0.25) is 0 Å². The molecular weight excluding hydrogens is 262 g/mol. The van der Waals surface area contributed by atoms with Crippen LogP contribution in [0.2, 0.25) is 0 Å². The molecule has 0 radical (unpaired) electrons. The van der Waals surface area contributed by atoms with Gasteiger partial charge in [-0.3, -0.25) is 0 Å². The Labute approximate surface area is 130 Å². The summed E-state index contributed by atoms with van der Waals surface area (Å²) in [6.45, 7) is 4.37. The van der Waals surface area contributed by atoms with E-state index in [0.717, 1.165) is 12.8 Å². The summed E-state index contributed by atoms with van der Waals surface area (Å²) in [5, 5.41) is 3.57. The van der Waals surface area contributed by atoms with Crippen LogP contribution in [0.1, 0.15) is 71.6 Å². The first kappa shape index (κ1) is 15.8. The van der Waals surface area contributed by atoms with Gasteiger partial charge in [0.25, 0.3) is 0 Å². The molecule has 21 heavy (non-hydrogen) atoms. The molecule has 0 amide bonds. The second-order valence-corrected chi connectivity index (χ2v) is 7.70. The Morgan fingerprint density at radius 3 is 2.14 bits per heavy atom. The van der Waals surface area contributed by atoms with Crippen LogP contribution in [-0.4, -0.2) is 37.5 Å². The molecule has 3 fully saturated rings. The zero-order valence-corrected chi connectivity index (χ0v) is 14.1. The predicted molar refractivity (Wildman–Crippen MR) is 85.5 cm³/mol. The van der Waals surface area contributed by atoms with Gasteiger partial charge in [-0.15, -0.1) is 0 Å². The molecule has 1 heterocycles. The molecule has 1 aliphatic heterocycles. The van der Waals surface area contributed by atoms with Crippen molar-refractivity contribution in [2.45, 2.75) is 102 Å². The second-order valence-electron chi connectivity index (χ2n) is 7.70. The molecule has 0 bridgehead atoms. The summed E-state index contributed by atoms with van der Waals surface area (Å²) in [6, 6.07) is 0.676. The van der Waals surface area contributed by atoms with Crippen LogP contribution in [0.3, 0.4) is 0 Å². The van der Waals surface area contributed by atoms with Crippen molar-refractivity contribution in [3.8, 4) is 0 Å². The average molecular weight is 295 g/mol. The van der Waals surface area contributed by atoms with Gasteiger partial charge in [0, 0.05) is 11.5 Å². The molecule has 0 aromatic heterocycles. The average Bonchev–Trinajstić information content (AvgIpc) is 2.69. The third-order valence-corrected chi connectivity index (χ3v) is 6.18. The second kappa shape index (κ2) is 6.55. The SMILES string of the molecule is CNC1CC(OC2CC(C)OC(C)C2)C12CCCCCC2. The highest BCUT2D eigenvalue weighted by molar-refractivity contribution is 5.08. The molecule has 4 atom stereocenters. The van der Waals surface area contributed by atoms with E-state index in [9.17, 15) is 0 Å². The molecule has 0 aromatic rings. The largest absolute Gasteiger partial charge is 0.375 e. The van der Waals surface area contributed by atoms with Gasteiger partial charge >= 0.3 is 0 Å². The van der Waals surface area contributed by atoms with Crippen LogP contribution in [0.15, 0.2) is 0 Å². The van der Waals surface area contributed by atoms with Crippen molar-refractivity contribution in [1.82, 2.24) is 5.32 Å². The van der Waals surface area contributed by atoms with Gasteiger partial charge in [-0.05, 0) is 53.0 Å². The molecule has 3 rings (SSSR count). The van der Waals surface area contributed by atoms with Gasteiger partial charge in [0.1, 0.15) is 0 Å². The van der Waals surface area contributed by atoms with Gasteiger partial charge < -0.3 is 14.8 Å². The number of rotatable bonds is 3. The first-order valence-electron chi connectivity index (χ1n) is 9.12. The van der Waals surface area contributed by atoms with Gasteiger partial charge in [-0.1, -0.05) is 25.7 Å². The molecule has 3 heteroatoms. The lowest BCUT2D eigenvalue weighted by Gasteiger charge is -2.57. The van der Waals surface area contributed by atoms with Crippen molar-refractivity contribution in [3.05, 3.63) is 0 Å². The van der Waals surface area contributed by atoms with Crippen LogP contribution in [0.5, 0.6) is 0 Å². The van der Waals surface area contributed by atoms with Gasteiger partial charge in [-0.2, -0.15) is 0 Å². The Morgan fingerprint density at radius 2 is 1.57 bits per heavy atom. The molecule has 0 aromatic carbocycles. The molecule has 2 aliphatic carbocycles. The molecular formula is C18H33NO2. The van der Waals surface area contributed by atoms with Crippen LogP contribution < -0.4 is 5.32 Å². The highest BCUT2D eigenvalue weighted by Crippen LogP contribution is 2.53. The first-order valence-corrected chi connectivity index (χ1v) is 9.12. The van der Waals surface area contributed by atoms with Gasteiger partial charge in [0.15, 0.2) is 0 Å². The summed E-state index contributed by atoms with van der Waals surface area (Å²) in [5.74, 6) is 0. The smallest absolute Gasteiger partial charge is 0.0665 e. The van der Waals surface area contributed by atoms with Crippen molar-refractivity contribution in [2.24, 2.45) is 5.41 Å². The molecule has 1 spiro atoms. The third-order valence-electron chi connectivity index (χ3n) is 6.18. The summed E-state index contributed by atoms with van der Waals surface area (Å²) in [5.41, 5.74) is 0.427. The minimum atomic E-state index is 0.351. The lowest BCUT2D eigenvalue weighted by atomic mass is 9.57. The van der Waals surface area contributed by atoms with Gasteiger partial charge in [-0.25, -0.2) is 0 Å². The van der Waals surface area contributed by atoms with E-state index in [0.29, 0.717) is 35.9 Å². The van der Waals surface area contributed by atoms with Crippen LogP contribution in [0, 0.1) is 5.41 Å². The minimum Gasteiger partial charge on any atom is -0.375 e. The Balaban J connectivity index is 1.64. The van der Waals surface area contributed by atoms with Crippen molar-refractivity contribution in [2.75, 3.05) is 7.05 Å². The van der Waals surface area contributed by atoms with Crippen molar-refractivity contribution < 1.29 is 9.47 Å². The number of hydrogen-bond acceptors (Lipinski definition) is 3. The molecule has 1 saturated heterocycles. The first-order chi connectivity index (χ1) is 10.1. The summed E-state index contributed by atoms with van der Waals surface area (Å²) in [4.78, 5) is 0. The van der Waals surface area contributed by atoms with Crippen LogP contribution in [-0.2, 0) is 9.47 Å². The minimum absolute atomic E-state index is 0.351. The molecule has 122 valence electrons. The highest BCUT2D eigenvalue weighted by Gasteiger charge is 2.55. The maximum atomic E-state index is 6.63. The van der Waals surface area contributed by atoms with Crippen molar-refractivity contribution in [1.29, 1.82) is 0 Å². The third kappa shape index (κ3) is 3.16. The quantitative estimate of drug-likeness (QED) is 0.862. The van der Waals surface area contributed by atoms with Crippen LogP contribution in [0.4, 0.5) is 0 Å². The Kier molecular flexibility index (Phi) is 4.92. The van der Waals surface area contributed by atoms with Crippen LogP contribution in [0.25, 0.3) is 0 Å². The highest BCUT2D eigenvalue weighted by atomic mass is 16.5. The van der Waals surface area contributed by atoms with E-state index in [1.807, 2.05) is 0 Å². The summed E-state index contributed by atoms with van der Waals surface area (Å²) < 4.78 is 12.5. The Bertz CT molecular complexity index is 328. The number of hydrogen-bond donors (Lipinski definition) is 1. The zero-order chi connectivity index (χ0) is 14.9. The van der Waals surface area contributed by atoms with E-state index in [4.69, 9.17) is 9.47 Å². The van der Waals surface area contributed by atoms with Crippen LogP contribution >= 0.6 is 0 Å². The van der Waals surface area contributed by atoms with E-state index in [2.05, 4.69) is 26.2 Å². The van der Waals surface area contributed by atoms with Gasteiger partial charge in [0.05, 0.1) is 24.4 Å². The normalized spacial score (nSPS) is 43.3. The number of ether oxygens (including phenoxy) is 2. The molecule has 3 nitrogen and oxygen atoms in total. The summed E-state index contributed by atoms with van der Waals surface area (Å²) >= 11 is 0. The zero-order valence-electron chi connectivity index (χ0n) is 14.1. The maximum absolute atomic E-state index is 6.63. The fourth-order valence-corrected chi connectivity index (χ4v) is 5.09. The summed E-state index contributed by atoms with van der Waals surface area (Å²) in [7, 11) is 2.13. The fraction of sp³-hybridized carbons (Fsp3) is 1.00. The monoisotopic (exact) mass is 295 g/mol. The van der Waals surface area contributed by atoms with E-state index in [1.165, 1.54) is 44.9 Å². The molecule has 2 saturated carbocycles. The lowest BCUT2D eigenvalue weighted by molar-refractivity contribution is -0.197.